The molecule has 0 atom stereocenters. The first kappa shape index (κ1) is 21.9. The molecule has 160 valence electrons. The Morgan fingerprint density at radius 2 is 1.73 bits per heavy atom. The molecule has 0 aliphatic carbocycles. The molecular weight excluding hydrogens is 398 g/mol. The number of rotatable bonds is 6. The summed E-state index contributed by atoms with van der Waals surface area (Å²) < 4.78 is 35.7. The summed E-state index contributed by atoms with van der Waals surface area (Å²) in [7, 11) is -2.09. The summed E-state index contributed by atoms with van der Waals surface area (Å²) in [5.74, 6) is 0.772. The molecule has 0 fully saturated rings. The van der Waals surface area contributed by atoms with Crippen LogP contribution in [-0.4, -0.2) is 25.3 Å². The van der Waals surface area contributed by atoms with Gasteiger partial charge in [0.15, 0.2) is 0 Å². The second kappa shape index (κ2) is 8.14. The van der Waals surface area contributed by atoms with Crippen molar-refractivity contribution in [2.45, 2.75) is 51.5 Å². The number of anilines is 1. The van der Waals surface area contributed by atoms with Gasteiger partial charge in [-0.3, -0.25) is 9.40 Å². The molecule has 0 saturated heterocycles. The Morgan fingerprint density at radius 1 is 1.07 bits per heavy atom. The van der Waals surface area contributed by atoms with Crippen molar-refractivity contribution in [1.29, 1.82) is 0 Å². The fourth-order valence-electron chi connectivity index (χ4n) is 3.27. The number of hydrogen-bond donors (Lipinski definition) is 1. The van der Waals surface area contributed by atoms with Gasteiger partial charge in [0.05, 0.1) is 35.6 Å². The minimum atomic E-state index is -3.71. The topological polar surface area (TPSA) is 73.2 Å². The zero-order valence-corrected chi connectivity index (χ0v) is 19.2. The molecule has 0 spiro atoms. The van der Waals surface area contributed by atoms with Gasteiger partial charge in [-0.25, -0.2) is 8.42 Å². The summed E-state index contributed by atoms with van der Waals surface area (Å²) in [6.07, 6.45) is 0. The normalized spacial score (nSPS) is 12.1. The van der Waals surface area contributed by atoms with Crippen molar-refractivity contribution in [2.24, 2.45) is 0 Å². The van der Waals surface area contributed by atoms with E-state index in [1.54, 1.807) is 30.8 Å². The molecule has 1 heterocycles. The van der Waals surface area contributed by atoms with Gasteiger partial charge in [0.25, 0.3) is 10.0 Å². The van der Waals surface area contributed by atoms with Crippen LogP contribution in [0.15, 0.2) is 53.4 Å². The van der Waals surface area contributed by atoms with Gasteiger partial charge in [-0.2, -0.15) is 5.10 Å². The van der Waals surface area contributed by atoms with Crippen LogP contribution in [0.1, 0.15) is 43.3 Å². The first-order valence-electron chi connectivity index (χ1n) is 9.81. The lowest BCUT2D eigenvalue weighted by atomic mass is 9.87. The molecule has 0 saturated carbocycles. The number of benzene rings is 2. The van der Waals surface area contributed by atoms with Crippen molar-refractivity contribution in [3.63, 3.8) is 0 Å². The van der Waals surface area contributed by atoms with Crippen molar-refractivity contribution < 1.29 is 13.2 Å². The monoisotopic (exact) mass is 427 g/mol. The van der Waals surface area contributed by atoms with Gasteiger partial charge in [0.1, 0.15) is 5.75 Å². The highest BCUT2D eigenvalue weighted by atomic mass is 32.2. The molecule has 30 heavy (non-hydrogen) atoms. The summed E-state index contributed by atoms with van der Waals surface area (Å²) in [5.41, 5.74) is 3.96. The Morgan fingerprint density at radius 3 is 2.33 bits per heavy atom. The number of nitrogens with zero attached hydrogens (tertiary/aromatic N) is 2. The van der Waals surface area contributed by atoms with Crippen molar-refractivity contribution in [1.82, 2.24) is 9.78 Å². The Balaban J connectivity index is 1.86. The molecule has 3 rings (SSSR count). The third-order valence-corrected chi connectivity index (χ3v) is 6.48. The zero-order valence-electron chi connectivity index (χ0n) is 18.4. The van der Waals surface area contributed by atoms with Crippen LogP contribution in [0.4, 0.5) is 5.69 Å². The lowest BCUT2D eigenvalue weighted by Gasteiger charge is -2.19. The Kier molecular flexibility index (Phi) is 5.94. The lowest BCUT2D eigenvalue weighted by Crippen LogP contribution is -2.15. The molecule has 0 bridgehead atoms. The number of methoxy groups -OCH3 is 1. The SMILES string of the molecule is COc1cccc(Cn2nc(C)c(NS(=O)(=O)c3ccc(C(C)(C)C)cc3)c2C)c1. The molecule has 6 nitrogen and oxygen atoms in total. The summed E-state index contributed by atoms with van der Waals surface area (Å²) in [5, 5.41) is 4.53. The maximum Gasteiger partial charge on any atom is 0.262 e. The maximum absolute atomic E-state index is 13.0. The minimum absolute atomic E-state index is 0.0375. The number of nitrogens with one attached hydrogen (secondary N) is 1. The van der Waals surface area contributed by atoms with Crippen molar-refractivity contribution in [3.05, 3.63) is 71.0 Å². The summed E-state index contributed by atoms with van der Waals surface area (Å²) >= 11 is 0. The summed E-state index contributed by atoms with van der Waals surface area (Å²) in [6, 6.07) is 14.8. The van der Waals surface area contributed by atoms with E-state index in [4.69, 9.17) is 4.74 Å². The first-order valence-corrected chi connectivity index (χ1v) is 11.3. The van der Waals surface area contributed by atoms with Gasteiger partial charge in [-0.1, -0.05) is 45.0 Å². The van der Waals surface area contributed by atoms with E-state index in [-0.39, 0.29) is 10.3 Å². The van der Waals surface area contributed by atoms with Crippen LogP contribution in [0.2, 0.25) is 0 Å². The van der Waals surface area contributed by atoms with Crippen LogP contribution in [0.25, 0.3) is 0 Å². The molecule has 1 N–H and O–H groups in total. The predicted octanol–water partition coefficient (Wildman–Crippen LogP) is 4.66. The largest absolute Gasteiger partial charge is 0.497 e. The maximum atomic E-state index is 13.0. The van der Waals surface area contributed by atoms with Crippen molar-refractivity contribution in [2.75, 3.05) is 11.8 Å². The first-order chi connectivity index (χ1) is 14.0. The van der Waals surface area contributed by atoms with Crippen molar-refractivity contribution in [3.8, 4) is 5.75 Å². The van der Waals surface area contributed by atoms with E-state index in [0.717, 1.165) is 22.6 Å². The number of aryl methyl sites for hydroxylation is 1. The van der Waals surface area contributed by atoms with Gasteiger partial charge in [0.2, 0.25) is 0 Å². The predicted molar refractivity (Wildman–Crippen MR) is 120 cm³/mol. The second-order valence-corrected chi connectivity index (χ2v) is 10.1. The van der Waals surface area contributed by atoms with E-state index in [1.165, 1.54) is 0 Å². The fraction of sp³-hybridized carbons (Fsp3) is 0.348. The fourth-order valence-corrected chi connectivity index (χ4v) is 4.45. The molecule has 7 heteroatoms. The average Bonchev–Trinajstić information content (AvgIpc) is 2.94. The van der Waals surface area contributed by atoms with Gasteiger partial charge in [-0.15, -0.1) is 0 Å². The van der Waals surface area contributed by atoms with E-state index in [1.807, 2.05) is 43.3 Å². The van der Waals surface area contributed by atoms with Crippen LogP contribution in [0.5, 0.6) is 5.75 Å². The molecule has 0 aliphatic heterocycles. The van der Waals surface area contributed by atoms with Crippen LogP contribution >= 0.6 is 0 Å². The number of hydrogen-bond acceptors (Lipinski definition) is 4. The van der Waals surface area contributed by atoms with Crippen LogP contribution in [0.3, 0.4) is 0 Å². The van der Waals surface area contributed by atoms with E-state index < -0.39 is 10.0 Å². The van der Waals surface area contributed by atoms with Gasteiger partial charge in [-0.05, 0) is 54.7 Å². The molecule has 2 aromatic carbocycles. The van der Waals surface area contributed by atoms with Gasteiger partial charge >= 0.3 is 0 Å². The second-order valence-electron chi connectivity index (χ2n) is 8.43. The zero-order chi connectivity index (χ0) is 22.1. The molecule has 0 amide bonds. The van der Waals surface area contributed by atoms with Crippen LogP contribution in [-0.2, 0) is 22.0 Å². The van der Waals surface area contributed by atoms with Crippen molar-refractivity contribution >= 4 is 15.7 Å². The van der Waals surface area contributed by atoms with Gasteiger partial charge < -0.3 is 4.74 Å². The third kappa shape index (κ3) is 4.67. The quantitative estimate of drug-likeness (QED) is 0.621. The number of aromatic nitrogens is 2. The van der Waals surface area contributed by atoms with Crippen LogP contribution in [0, 0.1) is 13.8 Å². The Hall–Kier alpha value is -2.80. The minimum Gasteiger partial charge on any atom is -0.497 e. The lowest BCUT2D eigenvalue weighted by molar-refractivity contribution is 0.414. The molecule has 0 radical (unpaired) electrons. The highest BCUT2D eigenvalue weighted by molar-refractivity contribution is 7.92. The number of sulfonamides is 1. The van der Waals surface area contributed by atoms with E-state index in [9.17, 15) is 8.42 Å². The molecule has 0 aliphatic rings. The average molecular weight is 428 g/mol. The molecular formula is C23H29N3O3S. The standard InChI is InChI=1S/C23H29N3O3S/c1-16-22(17(2)26(24-16)15-18-8-7-9-20(14-18)29-6)25-30(27,28)21-12-10-19(11-13-21)23(3,4)5/h7-14,25H,15H2,1-6H3. The molecule has 0 unspecified atom stereocenters. The summed E-state index contributed by atoms with van der Waals surface area (Å²) in [6.45, 7) is 10.5. The van der Waals surface area contributed by atoms with E-state index >= 15 is 0 Å². The van der Waals surface area contributed by atoms with Gasteiger partial charge in [0, 0.05) is 0 Å². The Labute approximate surface area is 178 Å². The third-order valence-electron chi connectivity index (χ3n) is 5.12. The highest BCUT2D eigenvalue weighted by Gasteiger charge is 2.21. The highest BCUT2D eigenvalue weighted by Crippen LogP contribution is 2.27. The molecule has 1 aromatic heterocycles. The van der Waals surface area contributed by atoms with E-state index in [2.05, 4.69) is 30.6 Å². The Bertz CT molecular complexity index is 1140. The summed E-state index contributed by atoms with van der Waals surface area (Å²) in [4.78, 5) is 0.231. The smallest absolute Gasteiger partial charge is 0.262 e. The number of ether oxygens (including phenoxy) is 1. The molecule has 3 aromatic rings. The van der Waals surface area contributed by atoms with E-state index in [0.29, 0.717) is 17.9 Å². The van der Waals surface area contributed by atoms with Crippen LogP contribution < -0.4 is 9.46 Å².